The fraction of sp³-hybridized carbons (Fsp3) is 0.333. The van der Waals surface area contributed by atoms with E-state index in [2.05, 4.69) is 5.32 Å². The second-order valence-corrected chi connectivity index (χ2v) is 4.08. The fourth-order valence-corrected chi connectivity index (χ4v) is 1.51. The summed E-state index contributed by atoms with van der Waals surface area (Å²) >= 11 is 5.72. The van der Waals surface area contributed by atoms with Gasteiger partial charge in [-0.2, -0.15) is 0 Å². The Kier molecular flexibility index (Phi) is 4.97. The highest BCUT2D eigenvalue weighted by molar-refractivity contribution is 6.30. The van der Waals surface area contributed by atoms with Gasteiger partial charge in [0.1, 0.15) is 5.92 Å². The van der Waals surface area contributed by atoms with Crippen LogP contribution in [0.15, 0.2) is 24.3 Å². The fourth-order valence-electron chi connectivity index (χ4n) is 1.39. The SMILES string of the molecule is CCC(C(=O)O)C(=O)NCc1ccc(Cl)cc1. The Hall–Kier alpha value is -1.55. The molecule has 0 bridgehead atoms. The number of halogens is 1. The number of carbonyl (C=O) groups excluding carboxylic acids is 1. The molecule has 1 atom stereocenters. The number of hydrogen-bond donors (Lipinski definition) is 2. The van der Waals surface area contributed by atoms with Gasteiger partial charge >= 0.3 is 5.97 Å². The Bertz CT molecular complexity index is 403. The summed E-state index contributed by atoms with van der Waals surface area (Å²) in [6, 6.07) is 7.00. The highest BCUT2D eigenvalue weighted by Crippen LogP contribution is 2.09. The number of aliphatic carboxylic acids is 1. The average Bonchev–Trinajstić information content (AvgIpc) is 2.28. The van der Waals surface area contributed by atoms with Crippen molar-refractivity contribution in [3.63, 3.8) is 0 Å². The van der Waals surface area contributed by atoms with Gasteiger partial charge < -0.3 is 10.4 Å². The average molecular weight is 256 g/mol. The number of carbonyl (C=O) groups is 2. The van der Waals surface area contributed by atoms with E-state index in [1.54, 1.807) is 31.2 Å². The quantitative estimate of drug-likeness (QED) is 0.792. The summed E-state index contributed by atoms with van der Waals surface area (Å²) in [6.07, 6.45) is 0.280. The van der Waals surface area contributed by atoms with Crippen molar-refractivity contribution in [3.8, 4) is 0 Å². The molecular formula is C12H14ClNO3. The van der Waals surface area contributed by atoms with Crippen molar-refractivity contribution in [2.45, 2.75) is 19.9 Å². The smallest absolute Gasteiger partial charge is 0.316 e. The molecule has 1 rings (SSSR count). The Morgan fingerprint density at radius 1 is 1.35 bits per heavy atom. The number of benzene rings is 1. The third kappa shape index (κ3) is 4.07. The molecule has 0 radical (unpaired) electrons. The Morgan fingerprint density at radius 3 is 2.41 bits per heavy atom. The van der Waals surface area contributed by atoms with Crippen LogP contribution in [0.4, 0.5) is 0 Å². The molecule has 1 aromatic rings. The maximum atomic E-state index is 11.5. The molecule has 5 heteroatoms. The van der Waals surface area contributed by atoms with Crippen molar-refractivity contribution in [1.82, 2.24) is 5.32 Å². The van der Waals surface area contributed by atoms with E-state index < -0.39 is 17.8 Å². The van der Waals surface area contributed by atoms with Gasteiger partial charge in [0.25, 0.3) is 0 Å². The number of carboxylic acid groups (broad SMARTS) is 1. The van der Waals surface area contributed by atoms with Crippen LogP contribution in [0.2, 0.25) is 5.02 Å². The Labute approximate surface area is 105 Å². The maximum Gasteiger partial charge on any atom is 0.316 e. The normalized spacial score (nSPS) is 11.9. The minimum Gasteiger partial charge on any atom is -0.481 e. The standard InChI is InChI=1S/C12H14ClNO3/c1-2-10(12(16)17)11(15)14-7-8-3-5-9(13)6-4-8/h3-6,10H,2,7H2,1H3,(H,14,15)(H,16,17). The van der Waals surface area contributed by atoms with E-state index in [-0.39, 0.29) is 6.42 Å². The van der Waals surface area contributed by atoms with E-state index in [4.69, 9.17) is 16.7 Å². The molecule has 4 nitrogen and oxygen atoms in total. The number of amides is 1. The van der Waals surface area contributed by atoms with E-state index in [9.17, 15) is 9.59 Å². The molecule has 1 aromatic carbocycles. The number of nitrogens with one attached hydrogen (secondary N) is 1. The van der Waals surface area contributed by atoms with Gasteiger partial charge in [0.05, 0.1) is 0 Å². The first kappa shape index (κ1) is 13.5. The van der Waals surface area contributed by atoms with E-state index in [1.807, 2.05) is 0 Å². The minimum atomic E-state index is -1.10. The zero-order valence-electron chi connectivity index (χ0n) is 9.44. The van der Waals surface area contributed by atoms with Crippen molar-refractivity contribution in [2.75, 3.05) is 0 Å². The molecule has 17 heavy (non-hydrogen) atoms. The summed E-state index contributed by atoms with van der Waals surface area (Å²) in [6.45, 7) is 1.97. The van der Waals surface area contributed by atoms with Crippen molar-refractivity contribution >= 4 is 23.5 Å². The highest BCUT2D eigenvalue weighted by Gasteiger charge is 2.23. The van der Waals surface area contributed by atoms with E-state index in [0.29, 0.717) is 11.6 Å². The number of rotatable bonds is 5. The predicted molar refractivity (Wildman–Crippen MR) is 64.7 cm³/mol. The molecular weight excluding hydrogens is 242 g/mol. The number of carboxylic acids is 1. The third-order valence-corrected chi connectivity index (χ3v) is 2.65. The van der Waals surface area contributed by atoms with Gasteiger partial charge in [-0.1, -0.05) is 30.7 Å². The van der Waals surface area contributed by atoms with Crippen molar-refractivity contribution in [3.05, 3.63) is 34.9 Å². The lowest BCUT2D eigenvalue weighted by molar-refractivity contribution is -0.147. The molecule has 0 aliphatic carbocycles. The van der Waals surface area contributed by atoms with Gasteiger partial charge in [-0.25, -0.2) is 0 Å². The first-order chi connectivity index (χ1) is 8.04. The molecule has 0 saturated heterocycles. The van der Waals surface area contributed by atoms with Gasteiger partial charge in [-0.15, -0.1) is 0 Å². The lowest BCUT2D eigenvalue weighted by atomic mass is 10.1. The molecule has 0 aromatic heterocycles. The van der Waals surface area contributed by atoms with Gasteiger partial charge in [-0.05, 0) is 24.1 Å². The summed E-state index contributed by atoms with van der Waals surface area (Å²) < 4.78 is 0. The summed E-state index contributed by atoms with van der Waals surface area (Å²) in [7, 11) is 0. The van der Waals surface area contributed by atoms with Gasteiger partial charge in [0.15, 0.2) is 0 Å². The number of hydrogen-bond acceptors (Lipinski definition) is 2. The van der Waals surface area contributed by atoms with Crippen molar-refractivity contribution in [1.29, 1.82) is 0 Å². The first-order valence-electron chi connectivity index (χ1n) is 5.29. The summed E-state index contributed by atoms with van der Waals surface area (Å²) in [4.78, 5) is 22.3. The molecule has 92 valence electrons. The second-order valence-electron chi connectivity index (χ2n) is 3.64. The summed E-state index contributed by atoms with van der Waals surface area (Å²) in [5.41, 5.74) is 0.878. The Balaban J connectivity index is 2.53. The van der Waals surface area contributed by atoms with E-state index in [1.165, 1.54) is 0 Å². The summed E-state index contributed by atoms with van der Waals surface area (Å²) in [5, 5.41) is 12.0. The third-order valence-electron chi connectivity index (χ3n) is 2.40. The van der Waals surface area contributed by atoms with E-state index in [0.717, 1.165) is 5.56 Å². The molecule has 2 N–H and O–H groups in total. The van der Waals surface area contributed by atoms with Crippen LogP contribution in [0.1, 0.15) is 18.9 Å². The van der Waals surface area contributed by atoms with Gasteiger partial charge in [0.2, 0.25) is 5.91 Å². The molecule has 0 aliphatic rings. The summed E-state index contributed by atoms with van der Waals surface area (Å²) in [5.74, 6) is -2.54. The van der Waals surface area contributed by atoms with Crippen LogP contribution in [0, 0.1) is 5.92 Å². The van der Waals surface area contributed by atoms with Gasteiger partial charge in [-0.3, -0.25) is 9.59 Å². The molecule has 0 fully saturated rings. The van der Waals surface area contributed by atoms with Crippen molar-refractivity contribution in [2.24, 2.45) is 5.92 Å². The van der Waals surface area contributed by atoms with Crippen molar-refractivity contribution < 1.29 is 14.7 Å². The first-order valence-corrected chi connectivity index (χ1v) is 5.67. The maximum absolute atomic E-state index is 11.5. The molecule has 0 aliphatic heterocycles. The largest absolute Gasteiger partial charge is 0.481 e. The highest BCUT2D eigenvalue weighted by atomic mass is 35.5. The van der Waals surface area contributed by atoms with E-state index >= 15 is 0 Å². The lowest BCUT2D eigenvalue weighted by Crippen LogP contribution is -2.34. The lowest BCUT2D eigenvalue weighted by Gasteiger charge is -2.10. The van der Waals surface area contributed by atoms with Crippen LogP contribution in [0.5, 0.6) is 0 Å². The monoisotopic (exact) mass is 255 g/mol. The topological polar surface area (TPSA) is 66.4 Å². The molecule has 1 amide bonds. The van der Waals surface area contributed by atoms with Crippen LogP contribution in [-0.2, 0) is 16.1 Å². The molecule has 0 spiro atoms. The van der Waals surface area contributed by atoms with Crippen LogP contribution in [-0.4, -0.2) is 17.0 Å². The van der Waals surface area contributed by atoms with Crippen LogP contribution < -0.4 is 5.32 Å². The minimum absolute atomic E-state index is 0.280. The molecule has 1 unspecified atom stereocenters. The predicted octanol–water partition coefficient (Wildman–Crippen LogP) is 2.07. The van der Waals surface area contributed by atoms with Crippen LogP contribution >= 0.6 is 11.6 Å². The zero-order chi connectivity index (χ0) is 12.8. The van der Waals surface area contributed by atoms with Gasteiger partial charge in [0, 0.05) is 11.6 Å². The van der Waals surface area contributed by atoms with Crippen LogP contribution in [0.25, 0.3) is 0 Å². The molecule has 0 heterocycles. The van der Waals surface area contributed by atoms with Crippen LogP contribution in [0.3, 0.4) is 0 Å². The second kappa shape index (κ2) is 6.25. The Morgan fingerprint density at radius 2 is 1.94 bits per heavy atom. The molecule has 0 saturated carbocycles. The zero-order valence-corrected chi connectivity index (χ0v) is 10.2.